The molecule has 2 aliphatic heterocycles. The normalized spacial score (nSPS) is 17.6. The summed E-state index contributed by atoms with van der Waals surface area (Å²) in [5.41, 5.74) is 3.77. The molecule has 7 heteroatoms. The number of aryl methyl sites for hydroxylation is 1. The van der Waals surface area contributed by atoms with Gasteiger partial charge in [0.05, 0.1) is 0 Å². The van der Waals surface area contributed by atoms with Gasteiger partial charge < -0.3 is 4.90 Å². The minimum absolute atomic E-state index is 0.149. The quantitative estimate of drug-likeness (QED) is 0.688. The lowest BCUT2D eigenvalue weighted by Crippen LogP contribution is -2.43. The Hall–Kier alpha value is -3.12. The zero-order chi connectivity index (χ0) is 19.3. The molecule has 2 aromatic carbocycles. The van der Waals surface area contributed by atoms with Crippen molar-refractivity contribution in [2.24, 2.45) is 4.99 Å². The molecule has 5 rings (SSSR count). The Morgan fingerprint density at radius 2 is 2.00 bits per heavy atom. The van der Waals surface area contributed by atoms with Crippen molar-refractivity contribution in [3.8, 4) is 0 Å². The third kappa shape index (κ3) is 2.77. The molecule has 140 valence electrons. The van der Waals surface area contributed by atoms with Crippen LogP contribution in [0.15, 0.2) is 64.4 Å². The van der Waals surface area contributed by atoms with Gasteiger partial charge in [-0.15, -0.1) is 0 Å². The number of hydrogen-bond donors (Lipinski definition) is 1. The lowest BCUT2D eigenvalue weighted by atomic mass is 10.1. The van der Waals surface area contributed by atoms with Crippen molar-refractivity contribution < 1.29 is 0 Å². The second-order valence-electron chi connectivity index (χ2n) is 6.97. The second kappa shape index (κ2) is 6.49. The summed E-state index contributed by atoms with van der Waals surface area (Å²) in [5.74, 6) is 1.18. The highest BCUT2D eigenvalue weighted by molar-refractivity contribution is 6.30. The van der Waals surface area contributed by atoms with Gasteiger partial charge >= 0.3 is 0 Å². The number of fused-ring (bicyclic) bond motifs is 2. The minimum atomic E-state index is -0.529. The first-order valence-corrected chi connectivity index (χ1v) is 9.54. The molecule has 2 aliphatic rings. The van der Waals surface area contributed by atoms with Crippen molar-refractivity contribution in [3.63, 3.8) is 0 Å². The van der Waals surface area contributed by atoms with E-state index in [9.17, 15) is 4.79 Å². The summed E-state index contributed by atoms with van der Waals surface area (Å²) >= 11 is 6.21. The van der Waals surface area contributed by atoms with Gasteiger partial charge in [-0.3, -0.25) is 14.7 Å². The summed E-state index contributed by atoms with van der Waals surface area (Å²) in [6.07, 6.45) is 0.422. The number of para-hydroxylation sites is 1. The Labute approximate surface area is 167 Å². The summed E-state index contributed by atoms with van der Waals surface area (Å²) in [6.45, 7) is 2.64. The Morgan fingerprint density at radius 3 is 2.86 bits per heavy atom. The van der Waals surface area contributed by atoms with E-state index in [0.717, 1.165) is 24.2 Å². The Kier molecular flexibility index (Phi) is 3.94. The molecule has 6 nitrogen and oxygen atoms in total. The Balaban J connectivity index is 1.67. The average molecular weight is 392 g/mol. The Bertz CT molecular complexity index is 1170. The first kappa shape index (κ1) is 17.0. The third-order valence-corrected chi connectivity index (χ3v) is 5.32. The van der Waals surface area contributed by atoms with Crippen LogP contribution in [-0.2, 0) is 6.42 Å². The molecule has 0 saturated carbocycles. The summed E-state index contributed by atoms with van der Waals surface area (Å²) in [5, 5.41) is 3.88. The molecule has 28 heavy (non-hydrogen) atoms. The van der Waals surface area contributed by atoms with Gasteiger partial charge in [0.15, 0.2) is 6.17 Å². The molecule has 1 unspecified atom stereocenters. The van der Waals surface area contributed by atoms with Crippen molar-refractivity contribution in [2.45, 2.75) is 19.5 Å². The van der Waals surface area contributed by atoms with Gasteiger partial charge in [0, 0.05) is 29.0 Å². The molecule has 0 radical (unpaired) electrons. The minimum Gasteiger partial charge on any atom is -0.312 e. The highest BCUT2D eigenvalue weighted by Crippen LogP contribution is 2.32. The van der Waals surface area contributed by atoms with Crippen LogP contribution in [0.4, 0.5) is 11.6 Å². The van der Waals surface area contributed by atoms with E-state index in [1.54, 1.807) is 4.57 Å². The fourth-order valence-electron chi connectivity index (χ4n) is 3.82. The molecule has 0 aliphatic carbocycles. The highest BCUT2D eigenvalue weighted by atomic mass is 35.5. The molecular weight excluding hydrogens is 374 g/mol. The van der Waals surface area contributed by atoms with Crippen molar-refractivity contribution in [3.05, 3.63) is 86.8 Å². The van der Waals surface area contributed by atoms with Crippen LogP contribution in [0.25, 0.3) is 0 Å². The maximum atomic E-state index is 12.7. The first-order chi connectivity index (χ1) is 13.6. The number of nitrogens with zero attached hydrogens (tertiary/aromatic N) is 4. The molecule has 3 aromatic rings. The number of hydrogen-bond acceptors (Lipinski definition) is 5. The van der Waals surface area contributed by atoms with Crippen LogP contribution in [0.3, 0.4) is 0 Å². The average Bonchev–Trinajstić information content (AvgIpc) is 3.11. The number of halogens is 1. The monoisotopic (exact) mass is 391 g/mol. The van der Waals surface area contributed by atoms with Crippen molar-refractivity contribution in [2.75, 3.05) is 16.8 Å². The van der Waals surface area contributed by atoms with Crippen LogP contribution < -0.4 is 15.8 Å². The second-order valence-corrected chi connectivity index (χ2v) is 7.40. The molecule has 0 amide bonds. The SMILES string of the molecule is Cc1cc(=O)n2c(n1)NC(N1CCc3ccccc31)=NC2c1cccc(Cl)c1. The van der Waals surface area contributed by atoms with Crippen molar-refractivity contribution in [1.29, 1.82) is 0 Å². The number of benzene rings is 2. The maximum Gasteiger partial charge on any atom is 0.257 e. The zero-order valence-electron chi connectivity index (χ0n) is 15.3. The van der Waals surface area contributed by atoms with Crippen LogP contribution in [0.5, 0.6) is 0 Å². The van der Waals surface area contributed by atoms with E-state index in [1.807, 2.05) is 43.3 Å². The fourth-order valence-corrected chi connectivity index (χ4v) is 4.02. The van der Waals surface area contributed by atoms with E-state index >= 15 is 0 Å². The van der Waals surface area contributed by atoms with Gasteiger partial charge in [0.25, 0.3) is 5.56 Å². The van der Waals surface area contributed by atoms with Gasteiger partial charge in [-0.2, -0.15) is 0 Å². The third-order valence-electron chi connectivity index (χ3n) is 5.08. The summed E-state index contributed by atoms with van der Waals surface area (Å²) < 4.78 is 1.57. The predicted octanol–water partition coefficient (Wildman–Crippen LogP) is 3.60. The smallest absolute Gasteiger partial charge is 0.257 e. The van der Waals surface area contributed by atoms with Crippen LogP contribution in [0, 0.1) is 6.92 Å². The standard InChI is InChI=1S/C21H18ClN5O/c1-13-11-18(28)27-19(15-6-4-7-16(22)12-15)24-20(25-21(27)23-13)26-10-9-14-5-2-3-8-17(14)26/h2-8,11-12,19H,9-10H2,1H3,(H,23,24,25). The van der Waals surface area contributed by atoms with Crippen LogP contribution in [0.1, 0.15) is 23.0 Å². The van der Waals surface area contributed by atoms with Gasteiger partial charge in [0.2, 0.25) is 11.9 Å². The number of guanidine groups is 1. The number of aromatic nitrogens is 2. The molecule has 0 fully saturated rings. The van der Waals surface area contributed by atoms with E-state index in [4.69, 9.17) is 16.6 Å². The van der Waals surface area contributed by atoms with Crippen LogP contribution >= 0.6 is 11.6 Å². The molecular formula is C21H18ClN5O. The first-order valence-electron chi connectivity index (χ1n) is 9.16. The maximum absolute atomic E-state index is 12.7. The van der Waals surface area contributed by atoms with E-state index in [1.165, 1.54) is 11.6 Å². The molecule has 1 N–H and O–H groups in total. The zero-order valence-corrected chi connectivity index (χ0v) is 16.0. The summed E-state index contributed by atoms with van der Waals surface area (Å²) in [7, 11) is 0. The molecule has 1 aromatic heterocycles. The van der Waals surface area contributed by atoms with Gasteiger partial charge in [0.1, 0.15) is 0 Å². The lowest BCUT2D eigenvalue weighted by Gasteiger charge is -2.31. The van der Waals surface area contributed by atoms with E-state index in [2.05, 4.69) is 27.3 Å². The Morgan fingerprint density at radius 1 is 1.14 bits per heavy atom. The number of aliphatic imine (C=N–C) groups is 1. The van der Waals surface area contributed by atoms with E-state index < -0.39 is 6.17 Å². The number of rotatable bonds is 1. The van der Waals surface area contributed by atoms with Crippen molar-refractivity contribution >= 4 is 29.2 Å². The number of nitrogens with one attached hydrogen (secondary N) is 1. The van der Waals surface area contributed by atoms with Gasteiger partial charge in [-0.05, 0) is 42.7 Å². The summed E-state index contributed by atoms with van der Waals surface area (Å²) in [4.78, 5) is 24.4. The summed E-state index contributed by atoms with van der Waals surface area (Å²) in [6, 6.07) is 17.3. The molecule has 0 spiro atoms. The van der Waals surface area contributed by atoms with Crippen LogP contribution in [0.2, 0.25) is 5.02 Å². The predicted molar refractivity (Wildman–Crippen MR) is 111 cm³/mol. The molecule has 0 saturated heterocycles. The molecule has 3 heterocycles. The largest absolute Gasteiger partial charge is 0.312 e. The van der Waals surface area contributed by atoms with Gasteiger partial charge in [-0.25, -0.2) is 9.98 Å². The molecule has 1 atom stereocenters. The van der Waals surface area contributed by atoms with Gasteiger partial charge in [-0.1, -0.05) is 41.9 Å². The highest BCUT2D eigenvalue weighted by Gasteiger charge is 2.30. The molecule has 0 bridgehead atoms. The lowest BCUT2D eigenvalue weighted by molar-refractivity contribution is 0.574. The topological polar surface area (TPSA) is 62.5 Å². The van der Waals surface area contributed by atoms with Crippen LogP contribution in [-0.4, -0.2) is 22.1 Å². The van der Waals surface area contributed by atoms with E-state index in [0.29, 0.717) is 22.6 Å². The number of anilines is 2. The fraction of sp³-hybridized carbons (Fsp3) is 0.190. The van der Waals surface area contributed by atoms with Crippen molar-refractivity contribution in [1.82, 2.24) is 9.55 Å². The van der Waals surface area contributed by atoms with E-state index in [-0.39, 0.29) is 5.56 Å².